The Labute approximate surface area is 180 Å². The van der Waals surface area contributed by atoms with Crippen molar-refractivity contribution in [3.05, 3.63) is 65.7 Å². The zero-order chi connectivity index (χ0) is 21.7. The van der Waals surface area contributed by atoms with Crippen LogP contribution in [0, 0.1) is 0 Å². The molecule has 0 unspecified atom stereocenters. The van der Waals surface area contributed by atoms with Crippen molar-refractivity contribution in [1.82, 2.24) is 9.21 Å². The van der Waals surface area contributed by atoms with Gasteiger partial charge in [-0.15, -0.1) is 0 Å². The Bertz CT molecular complexity index is 951. The summed E-state index contributed by atoms with van der Waals surface area (Å²) in [6.45, 7) is 4.42. The van der Waals surface area contributed by atoms with Crippen LogP contribution in [-0.4, -0.2) is 42.7 Å². The minimum Gasteiger partial charge on any atom is -0.332 e. The summed E-state index contributed by atoms with van der Waals surface area (Å²) in [5.74, 6) is -0.161. The van der Waals surface area contributed by atoms with E-state index in [0.717, 1.165) is 31.2 Å². The Morgan fingerprint density at radius 1 is 1.00 bits per heavy atom. The van der Waals surface area contributed by atoms with Gasteiger partial charge in [-0.25, -0.2) is 8.42 Å². The number of nitrogens with zero attached hydrogens (tertiary/aromatic N) is 2. The molecule has 0 atom stereocenters. The molecule has 1 amide bonds. The zero-order valence-electron chi connectivity index (χ0n) is 18.1. The van der Waals surface area contributed by atoms with Crippen LogP contribution in [0.2, 0.25) is 0 Å². The van der Waals surface area contributed by atoms with Crippen LogP contribution >= 0.6 is 0 Å². The average Bonchev–Trinajstić information content (AvgIpc) is 2.77. The van der Waals surface area contributed by atoms with E-state index in [1.54, 1.807) is 30.1 Å². The summed E-state index contributed by atoms with van der Waals surface area (Å²) in [6, 6.07) is 16.3. The normalized spacial score (nSPS) is 15.5. The molecule has 2 aromatic rings. The first-order valence-corrected chi connectivity index (χ1v) is 12.2. The lowest BCUT2D eigenvalue weighted by Crippen LogP contribution is -2.38. The summed E-state index contributed by atoms with van der Waals surface area (Å²) in [5, 5.41) is 0. The molecular formula is C24H32N2O3S. The molecule has 1 aliphatic carbocycles. The Balaban J connectivity index is 1.84. The molecule has 1 fully saturated rings. The lowest BCUT2D eigenvalue weighted by Gasteiger charge is -2.30. The van der Waals surface area contributed by atoms with Crippen molar-refractivity contribution in [2.24, 2.45) is 0 Å². The van der Waals surface area contributed by atoms with Gasteiger partial charge in [0.1, 0.15) is 0 Å². The fraction of sp³-hybridized carbons (Fsp3) is 0.458. The van der Waals surface area contributed by atoms with E-state index in [4.69, 9.17) is 0 Å². The summed E-state index contributed by atoms with van der Waals surface area (Å²) in [5.41, 5.74) is 1.44. The predicted molar refractivity (Wildman–Crippen MR) is 120 cm³/mol. The highest BCUT2D eigenvalue weighted by atomic mass is 32.2. The highest BCUT2D eigenvalue weighted by molar-refractivity contribution is 7.89. The lowest BCUT2D eigenvalue weighted by molar-refractivity contribution is 0.0690. The SMILES string of the molecule is CC(C)N(Cc1ccccc1)C(=O)c1cccc(S(=O)(=O)N(C)C2CCCCC2)c1. The van der Waals surface area contributed by atoms with E-state index in [0.29, 0.717) is 12.1 Å². The van der Waals surface area contributed by atoms with Crippen molar-refractivity contribution in [2.75, 3.05) is 7.05 Å². The van der Waals surface area contributed by atoms with Crippen LogP contribution < -0.4 is 0 Å². The second-order valence-corrected chi connectivity index (χ2v) is 10.4. The van der Waals surface area contributed by atoms with Gasteiger partial charge in [0, 0.05) is 31.2 Å². The smallest absolute Gasteiger partial charge is 0.254 e. The van der Waals surface area contributed by atoms with E-state index in [1.807, 2.05) is 44.2 Å². The Hall–Kier alpha value is -2.18. The number of carbonyl (C=O) groups is 1. The van der Waals surface area contributed by atoms with Gasteiger partial charge in [-0.1, -0.05) is 55.7 Å². The van der Waals surface area contributed by atoms with Gasteiger partial charge in [0.25, 0.3) is 5.91 Å². The molecular weight excluding hydrogens is 396 g/mol. The minimum atomic E-state index is -3.64. The molecule has 0 aromatic heterocycles. The second kappa shape index (κ2) is 9.75. The summed E-state index contributed by atoms with van der Waals surface area (Å²) in [6.07, 6.45) is 5.08. The van der Waals surface area contributed by atoms with Crippen LogP contribution in [0.15, 0.2) is 59.5 Å². The molecule has 0 spiro atoms. The quantitative estimate of drug-likeness (QED) is 0.643. The fourth-order valence-electron chi connectivity index (χ4n) is 4.03. The first-order chi connectivity index (χ1) is 14.3. The third-order valence-electron chi connectivity index (χ3n) is 5.93. The number of hydrogen-bond acceptors (Lipinski definition) is 3. The standard InChI is InChI=1S/C24H32N2O3S/c1-19(2)26(18-20-11-6-4-7-12-20)24(27)21-13-10-16-23(17-21)30(28,29)25(3)22-14-8-5-9-15-22/h4,6-7,10-13,16-17,19,22H,5,8-9,14-15,18H2,1-3H3. The Morgan fingerprint density at radius 2 is 1.67 bits per heavy atom. The van der Waals surface area contributed by atoms with Crippen molar-refractivity contribution in [3.8, 4) is 0 Å². The summed E-state index contributed by atoms with van der Waals surface area (Å²) in [7, 11) is -1.97. The van der Waals surface area contributed by atoms with Crippen LogP contribution in [0.1, 0.15) is 61.9 Å². The van der Waals surface area contributed by atoms with E-state index >= 15 is 0 Å². The van der Waals surface area contributed by atoms with Crippen LogP contribution in [-0.2, 0) is 16.6 Å². The number of rotatable bonds is 7. The molecule has 3 rings (SSSR count). The van der Waals surface area contributed by atoms with Crippen LogP contribution in [0.25, 0.3) is 0 Å². The number of amides is 1. The first kappa shape index (κ1) is 22.5. The van der Waals surface area contributed by atoms with Gasteiger partial charge in [-0.05, 0) is 50.5 Å². The molecule has 0 saturated heterocycles. The van der Waals surface area contributed by atoms with Crippen molar-refractivity contribution in [3.63, 3.8) is 0 Å². The van der Waals surface area contributed by atoms with Crippen molar-refractivity contribution >= 4 is 15.9 Å². The van der Waals surface area contributed by atoms with Gasteiger partial charge < -0.3 is 4.90 Å². The van der Waals surface area contributed by atoms with E-state index in [1.165, 1.54) is 16.8 Å². The largest absolute Gasteiger partial charge is 0.332 e. The summed E-state index contributed by atoms with van der Waals surface area (Å²) >= 11 is 0. The van der Waals surface area contributed by atoms with Crippen LogP contribution in [0.3, 0.4) is 0 Å². The Kier molecular flexibility index (Phi) is 7.32. The number of benzene rings is 2. The van der Waals surface area contributed by atoms with Crippen molar-refractivity contribution in [2.45, 2.75) is 69.5 Å². The van der Waals surface area contributed by atoms with Gasteiger partial charge in [0.15, 0.2) is 0 Å². The third kappa shape index (κ3) is 5.10. The van der Waals surface area contributed by atoms with E-state index < -0.39 is 10.0 Å². The van der Waals surface area contributed by atoms with Gasteiger partial charge >= 0.3 is 0 Å². The summed E-state index contributed by atoms with van der Waals surface area (Å²) < 4.78 is 27.9. The van der Waals surface area contributed by atoms with Gasteiger partial charge in [-0.2, -0.15) is 4.31 Å². The minimum absolute atomic E-state index is 0.0112. The van der Waals surface area contributed by atoms with E-state index in [9.17, 15) is 13.2 Å². The molecule has 0 radical (unpaired) electrons. The highest BCUT2D eigenvalue weighted by Crippen LogP contribution is 2.27. The lowest BCUT2D eigenvalue weighted by atomic mass is 9.96. The maximum absolute atomic E-state index is 13.3. The van der Waals surface area contributed by atoms with Crippen LogP contribution in [0.5, 0.6) is 0 Å². The van der Waals surface area contributed by atoms with E-state index in [-0.39, 0.29) is 22.9 Å². The predicted octanol–water partition coefficient (Wildman–Crippen LogP) is 4.69. The van der Waals surface area contributed by atoms with Gasteiger partial charge in [0.2, 0.25) is 10.0 Å². The molecule has 1 aliphatic rings. The van der Waals surface area contributed by atoms with Crippen LogP contribution in [0.4, 0.5) is 0 Å². The first-order valence-electron chi connectivity index (χ1n) is 10.7. The number of carbonyl (C=O) groups excluding carboxylic acids is 1. The maximum Gasteiger partial charge on any atom is 0.254 e. The molecule has 2 aromatic carbocycles. The molecule has 30 heavy (non-hydrogen) atoms. The molecule has 0 heterocycles. The van der Waals surface area contributed by atoms with Gasteiger partial charge in [0.05, 0.1) is 4.90 Å². The molecule has 1 saturated carbocycles. The highest BCUT2D eigenvalue weighted by Gasteiger charge is 2.30. The number of hydrogen-bond donors (Lipinski definition) is 0. The molecule has 162 valence electrons. The van der Waals surface area contributed by atoms with E-state index in [2.05, 4.69) is 0 Å². The molecule has 0 aliphatic heterocycles. The summed E-state index contributed by atoms with van der Waals surface area (Å²) in [4.78, 5) is 15.2. The number of sulfonamides is 1. The Morgan fingerprint density at radius 3 is 2.30 bits per heavy atom. The third-order valence-corrected chi connectivity index (χ3v) is 7.83. The zero-order valence-corrected chi connectivity index (χ0v) is 18.9. The molecule has 0 N–H and O–H groups in total. The van der Waals surface area contributed by atoms with Crippen molar-refractivity contribution < 1.29 is 13.2 Å². The molecule has 0 bridgehead atoms. The monoisotopic (exact) mass is 428 g/mol. The maximum atomic E-state index is 13.3. The van der Waals surface area contributed by atoms with Gasteiger partial charge in [-0.3, -0.25) is 4.79 Å². The molecule has 6 heteroatoms. The average molecular weight is 429 g/mol. The molecule has 5 nitrogen and oxygen atoms in total. The fourth-order valence-corrected chi connectivity index (χ4v) is 5.49. The van der Waals surface area contributed by atoms with Crippen molar-refractivity contribution in [1.29, 1.82) is 0 Å². The topological polar surface area (TPSA) is 57.7 Å². The second-order valence-electron chi connectivity index (χ2n) is 8.35.